The van der Waals surface area contributed by atoms with Crippen LogP contribution in [0.15, 0.2) is 30.5 Å². The van der Waals surface area contributed by atoms with Gasteiger partial charge in [0.2, 0.25) is 0 Å². The maximum absolute atomic E-state index is 6.16. The number of nitrogens with zero attached hydrogens (tertiary/aromatic N) is 1. The van der Waals surface area contributed by atoms with Crippen molar-refractivity contribution in [1.82, 2.24) is 4.98 Å². The van der Waals surface area contributed by atoms with E-state index in [1.807, 2.05) is 31.2 Å². The monoisotopic (exact) mass is 264 g/mol. The molecule has 0 aliphatic carbocycles. The van der Waals surface area contributed by atoms with Gasteiger partial charge in [-0.15, -0.1) is 0 Å². The first kappa shape index (κ1) is 13.1. The predicted octanol–water partition coefficient (Wildman–Crippen LogP) is 3.72. The highest BCUT2D eigenvalue weighted by atomic mass is 35.5. The van der Waals surface area contributed by atoms with Gasteiger partial charge in [0.1, 0.15) is 0 Å². The number of ether oxygens (including phenoxy) is 1. The Labute approximate surface area is 112 Å². The van der Waals surface area contributed by atoms with Gasteiger partial charge in [-0.05, 0) is 38.1 Å². The fraction of sp³-hybridized carbons (Fsp3) is 0.357. The molecule has 0 spiro atoms. The van der Waals surface area contributed by atoms with Crippen molar-refractivity contribution in [3.05, 3.63) is 35.5 Å². The van der Waals surface area contributed by atoms with Gasteiger partial charge in [-0.1, -0.05) is 11.6 Å². The van der Waals surface area contributed by atoms with E-state index in [1.165, 1.54) is 0 Å². The summed E-state index contributed by atoms with van der Waals surface area (Å²) >= 11 is 6.16. The lowest BCUT2D eigenvalue weighted by molar-refractivity contribution is 0.106. The van der Waals surface area contributed by atoms with Gasteiger partial charge in [-0.25, -0.2) is 0 Å². The van der Waals surface area contributed by atoms with Crippen LogP contribution >= 0.6 is 11.6 Å². The molecule has 0 amide bonds. The van der Waals surface area contributed by atoms with E-state index in [2.05, 4.69) is 17.2 Å². The molecule has 1 heterocycles. The third-order valence-electron chi connectivity index (χ3n) is 3.18. The number of hydrogen-bond donors (Lipinski definition) is 1. The van der Waals surface area contributed by atoms with Crippen molar-refractivity contribution in [2.45, 2.75) is 26.0 Å². The fourth-order valence-electron chi connectivity index (χ4n) is 1.82. The van der Waals surface area contributed by atoms with Gasteiger partial charge in [-0.2, -0.15) is 0 Å². The van der Waals surface area contributed by atoms with E-state index in [-0.39, 0.29) is 12.1 Å². The van der Waals surface area contributed by atoms with Gasteiger partial charge in [0.05, 0.1) is 22.3 Å². The topological polar surface area (TPSA) is 34.1 Å². The van der Waals surface area contributed by atoms with Gasteiger partial charge < -0.3 is 10.1 Å². The van der Waals surface area contributed by atoms with Crippen molar-refractivity contribution >= 4 is 28.2 Å². The number of methoxy groups -OCH3 is 1. The van der Waals surface area contributed by atoms with Gasteiger partial charge in [0.15, 0.2) is 0 Å². The molecule has 96 valence electrons. The zero-order valence-electron chi connectivity index (χ0n) is 10.8. The average Bonchev–Trinajstić information content (AvgIpc) is 2.41. The second kappa shape index (κ2) is 5.55. The summed E-state index contributed by atoms with van der Waals surface area (Å²) in [5.41, 5.74) is 1.87. The Bertz CT molecular complexity index is 544. The van der Waals surface area contributed by atoms with Crippen LogP contribution in [0.2, 0.25) is 5.02 Å². The van der Waals surface area contributed by atoms with Crippen LogP contribution in [0.1, 0.15) is 13.8 Å². The molecule has 2 rings (SSSR count). The van der Waals surface area contributed by atoms with Crippen molar-refractivity contribution < 1.29 is 4.74 Å². The number of fused-ring (bicyclic) bond motifs is 1. The minimum Gasteiger partial charge on any atom is -0.380 e. The molecule has 2 aromatic rings. The summed E-state index contributed by atoms with van der Waals surface area (Å²) in [4.78, 5) is 4.39. The number of halogens is 1. The maximum Gasteiger partial charge on any atom is 0.0948 e. The molecule has 1 aromatic carbocycles. The van der Waals surface area contributed by atoms with Crippen LogP contribution in [-0.2, 0) is 4.74 Å². The van der Waals surface area contributed by atoms with Crippen LogP contribution in [-0.4, -0.2) is 24.2 Å². The summed E-state index contributed by atoms with van der Waals surface area (Å²) in [6, 6.07) is 7.90. The van der Waals surface area contributed by atoms with Crippen LogP contribution in [0.4, 0.5) is 5.69 Å². The molecule has 0 radical (unpaired) electrons. The Balaban J connectivity index is 2.37. The molecule has 1 N–H and O–H groups in total. The first-order chi connectivity index (χ1) is 8.63. The lowest BCUT2D eigenvalue weighted by Gasteiger charge is -2.21. The molecular formula is C14H17ClN2O. The summed E-state index contributed by atoms with van der Waals surface area (Å²) in [6.45, 7) is 4.11. The second-order valence-corrected chi connectivity index (χ2v) is 4.78. The molecule has 0 aliphatic rings. The van der Waals surface area contributed by atoms with Crippen molar-refractivity contribution in [2.24, 2.45) is 0 Å². The number of nitrogens with one attached hydrogen (secondary N) is 1. The molecule has 18 heavy (non-hydrogen) atoms. The van der Waals surface area contributed by atoms with Crippen molar-refractivity contribution in [1.29, 1.82) is 0 Å². The Hall–Kier alpha value is -1.32. The second-order valence-electron chi connectivity index (χ2n) is 4.37. The third kappa shape index (κ3) is 2.57. The van der Waals surface area contributed by atoms with E-state index in [0.29, 0.717) is 0 Å². The largest absolute Gasteiger partial charge is 0.380 e. The summed E-state index contributed by atoms with van der Waals surface area (Å²) in [5.74, 6) is 0. The third-order valence-corrected chi connectivity index (χ3v) is 3.51. The van der Waals surface area contributed by atoms with Crippen LogP contribution in [0.25, 0.3) is 10.9 Å². The van der Waals surface area contributed by atoms with Crippen molar-refractivity contribution in [2.75, 3.05) is 12.4 Å². The van der Waals surface area contributed by atoms with E-state index in [1.54, 1.807) is 13.3 Å². The van der Waals surface area contributed by atoms with Crippen molar-refractivity contribution in [3.63, 3.8) is 0 Å². The number of hydrogen-bond acceptors (Lipinski definition) is 3. The molecule has 0 saturated carbocycles. The zero-order valence-corrected chi connectivity index (χ0v) is 11.5. The smallest absolute Gasteiger partial charge is 0.0948 e. The highest BCUT2D eigenvalue weighted by Gasteiger charge is 2.13. The lowest BCUT2D eigenvalue weighted by atomic mass is 10.1. The molecule has 0 bridgehead atoms. The van der Waals surface area contributed by atoms with Gasteiger partial charge >= 0.3 is 0 Å². The summed E-state index contributed by atoms with van der Waals surface area (Å²) in [5, 5.41) is 5.09. The first-order valence-electron chi connectivity index (χ1n) is 5.96. The van der Waals surface area contributed by atoms with E-state index in [4.69, 9.17) is 16.3 Å². The Morgan fingerprint density at radius 1 is 1.28 bits per heavy atom. The minimum absolute atomic E-state index is 0.124. The Morgan fingerprint density at radius 3 is 2.78 bits per heavy atom. The first-order valence-corrected chi connectivity index (χ1v) is 6.34. The predicted molar refractivity (Wildman–Crippen MR) is 76.3 cm³/mol. The van der Waals surface area contributed by atoms with Crippen LogP contribution in [0.3, 0.4) is 0 Å². The molecular weight excluding hydrogens is 248 g/mol. The highest BCUT2D eigenvalue weighted by Crippen LogP contribution is 2.28. The number of benzene rings is 1. The molecule has 0 saturated heterocycles. The molecule has 2 atom stereocenters. The van der Waals surface area contributed by atoms with Crippen LogP contribution in [0, 0.1) is 0 Å². The molecule has 3 nitrogen and oxygen atoms in total. The van der Waals surface area contributed by atoms with Gasteiger partial charge in [-0.3, -0.25) is 4.98 Å². The normalized spacial score (nSPS) is 14.4. The fourth-order valence-corrected chi connectivity index (χ4v) is 2.04. The van der Waals surface area contributed by atoms with E-state index in [0.717, 1.165) is 21.6 Å². The highest BCUT2D eigenvalue weighted by molar-refractivity contribution is 6.35. The van der Waals surface area contributed by atoms with E-state index in [9.17, 15) is 0 Å². The maximum atomic E-state index is 6.16. The molecule has 1 aromatic heterocycles. The summed E-state index contributed by atoms with van der Waals surface area (Å²) < 4.78 is 5.31. The Kier molecular flexibility index (Phi) is 4.04. The SMILES string of the molecule is COC(C)C(C)Nc1ccc(Cl)c2cccnc12. The number of anilines is 1. The number of rotatable bonds is 4. The lowest BCUT2D eigenvalue weighted by Crippen LogP contribution is -2.29. The number of pyridine rings is 1. The Morgan fingerprint density at radius 2 is 2.06 bits per heavy atom. The van der Waals surface area contributed by atoms with Crippen molar-refractivity contribution in [3.8, 4) is 0 Å². The van der Waals surface area contributed by atoms with E-state index >= 15 is 0 Å². The molecule has 4 heteroatoms. The van der Waals surface area contributed by atoms with E-state index < -0.39 is 0 Å². The van der Waals surface area contributed by atoms with Crippen LogP contribution in [0.5, 0.6) is 0 Å². The standard InChI is InChI=1S/C14H17ClN2O/c1-9(10(2)18-3)17-13-7-6-12(15)11-5-4-8-16-14(11)13/h4-10,17H,1-3H3. The molecule has 0 fully saturated rings. The number of aromatic nitrogens is 1. The zero-order chi connectivity index (χ0) is 13.1. The molecule has 2 unspecified atom stereocenters. The quantitative estimate of drug-likeness (QED) is 0.914. The van der Waals surface area contributed by atoms with Gasteiger partial charge in [0, 0.05) is 24.7 Å². The summed E-state index contributed by atoms with van der Waals surface area (Å²) in [6.07, 6.45) is 1.90. The minimum atomic E-state index is 0.124. The summed E-state index contributed by atoms with van der Waals surface area (Å²) in [7, 11) is 1.71. The average molecular weight is 265 g/mol. The van der Waals surface area contributed by atoms with Gasteiger partial charge in [0.25, 0.3) is 0 Å². The van der Waals surface area contributed by atoms with Crippen LogP contribution < -0.4 is 5.32 Å². The molecule has 0 aliphatic heterocycles.